The molecule has 2 N–H and O–H groups in total. The van der Waals surface area contributed by atoms with Crippen LogP contribution in [0.5, 0.6) is 0 Å². The molecule has 1 saturated heterocycles. The topological polar surface area (TPSA) is 29.3 Å². The molecule has 1 aliphatic heterocycles. The lowest BCUT2D eigenvalue weighted by molar-refractivity contribution is 0.226. The lowest BCUT2D eigenvalue weighted by Crippen LogP contribution is -2.28. The molecular weight excluding hydrogens is 251 g/mol. The third-order valence-corrected chi connectivity index (χ3v) is 4.56. The number of nitrogens with zero attached hydrogens (tertiary/aromatic N) is 1. The Kier molecular flexibility index (Phi) is 4.82. The molecule has 2 atom stereocenters. The highest BCUT2D eigenvalue weighted by molar-refractivity contribution is 5.20. The van der Waals surface area contributed by atoms with E-state index < -0.39 is 0 Å². The van der Waals surface area contributed by atoms with Gasteiger partial charge in [-0.05, 0) is 43.3 Å². The summed E-state index contributed by atoms with van der Waals surface area (Å²) < 4.78 is 13.7. The summed E-state index contributed by atoms with van der Waals surface area (Å²) in [5.74, 6) is 0.571. The van der Waals surface area contributed by atoms with Crippen LogP contribution in [0.2, 0.25) is 0 Å². The van der Waals surface area contributed by atoms with Crippen molar-refractivity contribution in [3.05, 3.63) is 35.6 Å². The van der Waals surface area contributed by atoms with Crippen LogP contribution in [0.15, 0.2) is 24.3 Å². The predicted molar refractivity (Wildman–Crippen MR) is 81.9 cm³/mol. The Hall–Kier alpha value is -0.930. The van der Waals surface area contributed by atoms with E-state index in [4.69, 9.17) is 5.73 Å². The maximum atomic E-state index is 13.7. The molecule has 0 spiro atoms. The summed E-state index contributed by atoms with van der Waals surface area (Å²) in [5.41, 5.74) is 7.14. The molecule has 20 heavy (non-hydrogen) atoms. The van der Waals surface area contributed by atoms with Gasteiger partial charge < -0.3 is 10.6 Å². The van der Waals surface area contributed by atoms with Gasteiger partial charge in [0, 0.05) is 18.2 Å². The lowest BCUT2D eigenvalue weighted by Gasteiger charge is -2.27. The fourth-order valence-electron chi connectivity index (χ4n) is 3.00. The van der Waals surface area contributed by atoms with Crippen molar-refractivity contribution in [1.29, 1.82) is 0 Å². The first-order valence-electron chi connectivity index (χ1n) is 7.60. The summed E-state index contributed by atoms with van der Waals surface area (Å²) in [5, 5.41) is 0. The number of benzene rings is 1. The van der Waals surface area contributed by atoms with E-state index in [1.807, 2.05) is 6.07 Å². The minimum absolute atomic E-state index is 0.186. The minimum Gasteiger partial charge on any atom is -0.324 e. The molecule has 0 aliphatic carbocycles. The van der Waals surface area contributed by atoms with Crippen LogP contribution >= 0.6 is 0 Å². The van der Waals surface area contributed by atoms with E-state index in [1.165, 1.54) is 12.5 Å². The van der Waals surface area contributed by atoms with Gasteiger partial charge in [-0.2, -0.15) is 0 Å². The van der Waals surface area contributed by atoms with Crippen molar-refractivity contribution < 1.29 is 4.39 Å². The van der Waals surface area contributed by atoms with Gasteiger partial charge >= 0.3 is 0 Å². The Morgan fingerprint density at radius 2 is 2.05 bits per heavy atom. The van der Waals surface area contributed by atoms with Gasteiger partial charge in [0.1, 0.15) is 5.82 Å². The van der Waals surface area contributed by atoms with Crippen molar-refractivity contribution in [2.24, 2.45) is 17.1 Å². The molecule has 1 heterocycles. The summed E-state index contributed by atoms with van der Waals surface area (Å²) in [6.45, 7) is 10.2. The molecule has 0 saturated carbocycles. The zero-order chi connectivity index (χ0) is 14.8. The molecule has 1 aromatic carbocycles. The van der Waals surface area contributed by atoms with Crippen LogP contribution in [0.3, 0.4) is 0 Å². The molecule has 2 nitrogen and oxygen atoms in total. The highest BCUT2D eigenvalue weighted by Gasteiger charge is 2.31. The van der Waals surface area contributed by atoms with Gasteiger partial charge in [-0.1, -0.05) is 39.0 Å². The Morgan fingerprint density at radius 1 is 1.35 bits per heavy atom. The molecular formula is C17H27FN2. The first-order valence-corrected chi connectivity index (χ1v) is 7.60. The van der Waals surface area contributed by atoms with Crippen LogP contribution in [0.4, 0.5) is 4.39 Å². The summed E-state index contributed by atoms with van der Waals surface area (Å²) in [6.07, 6.45) is 2.08. The largest absolute Gasteiger partial charge is 0.324 e. The van der Waals surface area contributed by atoms with Crippen molar-refractivity contribution in [1.82, 2.24) is 4.90 Å². The van der Waals surface area contributed by atoms with Crippen LogP contribution < -0.4 is 5.73 Å². The normalized spacial score (nSPS) is 22.1. The molecule has 2 rings (SSSR count). The van der Waals surface area contributed by atoms with Crippen LogP contribution in [0, 0.1) is 17.2 Å². The molecule has 0 aromatic heterocycles. The first-order chi connectivity index (χ1) is 9.38. The quantitative estimate of drug-likeness (QED) is 0.912. The van der Waals surface area contributed by atoms with Gasteiger partial charge in [0.15, 0.2) is 0 Å². The highest BCUT2D eigenvalue weighted by atomic mass is 19.1. The van der Waals surface area contributed by atoms with Gasteiger partial charge in [0.25, 0.3) is 0 Å². The molecule has 1 aromatic rings. The molecule has 1 aliphatic rings. The molecule has 2 unspecified atom stereocenters. The summed E-state index contributed by atoms with van der Waals surface area (Å²) in [7, 11) is 0. The number of rotatable bonds is 4. The molecule has 112 valence electrons. The van der Waals surface area contributed by atoms with Crippen molar-refractivity contribution in [2.45, 2.75) is 39.7 Å². The summed E-state index contributed by atoms with van der Waals surface area (Å²) in [6, 6.07) is 6.64. The average Bonchev–Trinajstić information content (AvgIpc) is 2.85. The minimum atomic E-state index is -0.204. The number of hydrogen-bond donors (Lipinski definition) is 1. The monoisotopic (exact) mass is 278 g/mol. The fourth-order valence-corrected chi connectivity index (χ4v) is 3.00. The maximum absolute atomic E-state index is 13.7. The lowest BCUT2D eigenvalue weighted by atomic mass is 9.80. The number of hydrogen-bond acceptors (Lipinski definition) is 2. The number of likely N-dealkylation sites (tertiary alicyclic amines) is 1. The van der Waals surface area contributed by atoms with E-state index in [9.17, 15) is 4.39 Å². The van der Waals surface area contributed by atoms with Crippen molar-refractivity contribution >= 4 is 0 Å². The van der Waals surface area contributed by atoms with Gasteiger partial charge in [-0.3, -0.25) is 0 Å². The van der Waals surface area contributed by atoms with Gasteiger partial charge in [0.2, 0.25) is 0 Å². The second kappa shape index (κ2) is 6.23. The number of halogens is 1. The van der Waals surface area contributed by atoms with E-state index in [1.54, 1.807) is 12.1 Å². The van der Waals surface area contributed by atoms with Gasteiger partial charge in [-0.15, -0.1) is 0 Å². The van der Waals surface area contributed by atoms with Crippen LogP contribution in [0.1, 0.15) is 45.2 Å². The molecule has 0 bridgehead atoms. The maximum Gasteiger partial charge on any atom is 0.127 e. The molecule has 0 amide bonds. The second-order valence-corrected chi connectivity index (χ2v) is 7.07. The van der Waals surface area contributed by atoms with Crippen molar-refractivity contribution in [2.75, 3.05) is 19.6 Å². The zero-order valence-electron chi connectivity index (χ0n) is 12.9. The molecule has 3 heteroatoms. The van der Waals surface area contributed by atoms with E-state index in [-0.39, 0.29) is 11.9 Å². The average molecular weight is 278 g/mol. The first kappa shape index (κ1) is 15.5. The van der Waals surface area contributed by atoms with Crippen LogP contribution in [-0.2, 0) is 0 Å². The molecule has 0 radical (unpaired) electrons. The highest BCUT2D eigenvalue weighted by Crippen LogP contribution is 2.33. The summed E-state index contributed by atoms with van der Waals surface area (Å²) >= 11 is 0. The third kappa shape index (κ3) is 3.80. The van der Waals surface area contributed by atoms with Gasteiger partial charge in [0.05, 0.1) is 0 Å². The third-order valence-electron chi connectivity index (χ3n) is 4.56. The Bertz CT molecular complexity index is 439. The zero-order valence-corrected chi connectivity index (χ0v) is 12.9. The Morgan fingerprint density at radius 3 is 2.65 bits per heavy atom. The van der Waals surface area contributed by atoms with Crippen LogP contribution in [-0.4, -0.2) is 24.5 Å². The summed E-state index contributed by atoms with van der Waals surface area (Å²) in [4.78, 5) is 2.47. The SMILES string of the molecule is CC(C)(C)C1CCN(CCC(N)c2ccccc2F)C1. The van der Waals surface area contributed by atoms with E-state index in [0.29, 0.717) is 11.0 Å². The van der Waals surface area contributed by atoms with Crippen molar-refractivity contribution in [3.8, 4) is 0 Å². The Balaban J connectivity index is 1.83. The van der Waals surface area contributed by atoms with Crippen LogP contribution in [0.25, 0.3) is 0 Å². The van der Waals surface area contributed by atoms with Gasteiger partial charge in [-0.25, -0.2) is 4.39 Å². The fraction of sp³-hybridized carbons (Fsp3) is 0.647. The Labute approximate surface area is 122 Å². The van der Waals surface area contributed by atoms with E-state index >= 15 is 0 Å². The predicted octanol–water partition coefficient (Wildman–Crippen LogP) is 3.58. The molecule has 1 fully saturated rings. The van der Waals surface area contributed by atoms with Crippen molar-refractivity contribution in [3.63, 3.8) is 0 Å². The number of nitrogens with two attached hydrogens (primary N) is 1. The van der Waals surface area contributed by atoms with E-state index in [0.717, 1.165) is 32.0 Å². The second-order valence-electron chi connectivity index (χ2n) is 7.07. The van der Waals surface area contributed by atoms with E-state index in [2.05, 4.69) is 25.7 Å². The smallest absolute Gasteiger partial charge is 0.127 e. The standard InChI is InChI=1S/C17H27FN2/c1-17(2,3)13-8-10-20(12-13)11-9-16(19)14-6-4-5-7-15(14)18/h4-7,13,16H,8-12,19H2,1-3H3.